The standard InChI is InChI=1S/C61H51NO3S/c1-38-34-40-14-12-15-41(35-38)61(40)52-22-9-11-25-57(52)66(63,64)58-33-31-44(37-54(58)61)62(43-30-32-48-47-18-6-8-21-51(47)60(2,3)53(48)36-43)42-28-26-39(27-29-42)45-16-4-5-17-46(45)49-20-13-24-56-59(49)50-19-7-10-23-55(50)65-56/h4-11,13,16-33,36-38,40-41H,12,14-15,34-35H2,1-3H3/t38-,40-,41+,61?. The van der Waals surface area contributed by atoms with E-state index in [1.54, 1.807) is 0 Å². The van der Waals surface area contributed by atoms with Gasteiger partial charge in [0.05, 0.1) is 9.79 Å². The lowest BCUT2D eigenvalue weighted by Gasteiger charge is -2.57. The third kappa shape index (κ3) is 5.53. The maximum Gasteiger partial charge on any atom is 0.207 e. The minimum Gasteiger partial charge on any atom is -0.456 e. The van der Waals surface area contributed by atoms with Crippen molar-refractivity contribution in [3.05, 3.63) is 198 Å². The van der Waals surface area contributed by atoms with Crippen LogP contribution in [-0.4, -0.2) is 8.42 Å². The molecule has 4 aliphatic rings. The fraction of sp³-hybridized carbons (Fsp3) is 0.213. The molecule has 1 aliphatic heterocycles. The van der Waals surface area contributed by atoms with Gasteiger partial charge in [0.15, 0.2) is 0 Å². The van der Waals surface area contributed by atoms with Crippen LogP contribution in [-0.2, 0) is 20.7 Å². The third-order valence-electron chi connectivity index (χ3n) is 16.2. The molecule has 1 unspecified atom stereocenters. The molecule has 1 aromatic heterocycles. The highest BCUT2D eigenvalue weighted by atomic mass is 32.2. The second kappa shape index (κ2) is 14.4. The molecule has 3 aliphatic carbocycles. The van der Waals surface area contributed by atoms with Crippen molar-refractivity contribution < 1.29 is 12.8 Å². The Morgan fingerprint density at radius 3 is 1.88 bits per heavy atom. The topological polar surface area (TPSA) is 50.5 Å². The van der Waals surface area contributed by atoms with E-state index in [4.69, 9.17) is 4.42 Å². The van der Waals surface area contributed by atoms with Crippen molar-refractivity contribution in [1.29, 1.82) is 0 Å². The number of para-hydroxylation sites is 1. The summed E-state index contributed by atoms with van der Waals surface area (Å²) in [6.45, 7) is 7.07. The molecule has 13 rings (SSSR count). The molecule has 0 saturated heterocycles. The second-order valence-corrected chi connectivity index (χ2v) is 21.9. The van der Waals surface area contributed by atoms with Gasteiger partial charge in [-0.3, -0.25) is 0 Å². The van der Waals surface area contributed by atoms with E-state index in [-0.39, 0.29) is 10.8 Å². The van der Waals surface area contributed by atoms with Crippen LogP contribution in [0.2, 0.25) is 0 Å². The van der Waals surface area contributed by atoms with Gasteiger partial charge in [0.2, 0.25) is 9.84 Å². The van der Waals surface area contributed by atoms with Crippen LogP contribution in [0.4, 0.5) is 17.1 Å². The van der Waals surface area contributed by atoms with Crippen molar-refractivity contribution in [2.75, 3.05) is 4.90 Å². The molecular formula is C61H51NO3S. The summed E-state index contributed by atoms with van der Waals surface area (Å²) in [5.41, 5.74) is 16.0. The zero-order valence-corrected chi connectivity index (χ0v) is 38.4. The minimum atomic E-state index is -3.76. The Kier molecular flexibility index (Phi) is 8.65. The van der Waals surface area contributed by atoms with Gasteiger partial charge in [-0.15, -0.1) is 0 Å². The summed E-state index contributed by atoms with van der Waals surface area (Å²) in [7, 11) is -3.76. The maximum absolute atomic E-state index is 14.8. The second-order valence-electron chi connectivity index (χ2n) is 20.1. The summed E-state index contributed by atoms with van der Waals surface area (Å²) in [5, 5.41) is 2.23. The first-order chi connectivity index (χ1) is 32.1. The molecule has 0 N–H and O–H groups in total. The van der Waals surface area contributed by atoms with Gasteiger partial charge >= 0.3 is 0 Å². The molecule has 5 heteroatoms. The van der Waals surface area contributed by atoms with E-state index in [0.29, 0.717) is 27.5 Å². The summed E-state index contributed by atoms with van der Waals surface area (Å²) in [4.78, 5) is 3.35. The molecule has 324 valence electrons. The van der Waals surface area contributed by atoms with Gasteiger partial charge in [-0.1, -0.05) is 142 Å². The van der Waals surface area contributed by atoms with Gasteiger partial charge in [-0.05, 0) is 160 Å². The Balaban J connectivity index is 1.00. The van der Waals surface area contributed by atoms with Crippen molar-refractivity contribution in [2.24, 2.45) is 17.8 Å². The molecule has 4 nitrogen and oxygen atoms in total. The molecule has 8 aromatic carbocycles. The highest BCUT2D eigenvalue weighted by Crippen LogP contribution is 2.64. The van der Waals surface area contributed by atoms with Crippen LogP contribution in [0.5, 0.6) is 0 Å². The number of rotatable bonds is 5. The van der Waals surface area contributed by atoms with E-state index in [0.717, 1.165) is 98.1 Å². The molecule has 2 heterocycles. The van der Waals surface area contributed by atoms with E-state index in [1.807, 2.05) is 30.3 Å². The smallest absolute Gasteiger partial charge is 0.207 e. The SMILES string of the molecule is C[C@@H]1C[C@H]2CCC[C@@H](C1)C21c2ccccc2S(=O)(=O)c2ccc(N(c3ccc(-c4ccccc4-c4cccc5oc6ccccc6c45)cc3)c3ccc4c(c3)C(C)(C)c3ccccc3-4)cc21. The zero-order chi connectivity index (χ0) is 44.5. The van der Waals surface area contributed by atoms with Gasteiger partial charge in [0, 0.05) is 38.7 Å². The van der Waals surface area contributed by atoms with Crippen LogP contribution >= 0.6 is 0 Å². The van der Waals surface area contributed by atoms with E-state index in [2.05, 4.69) is 171 Å². The highest BCUT2D eigenvalue weighted by Gasteiger charge is 2.58. The third-order valence-corrected chi connectivity index (χ3v) is 18.1. The monoisotopic (exact) mass is 877 g/mol. The Hall–Kier alpha value is -6.69. The molecule has 0 radical (unpaired) electrons. The Bertz CT molecular complexity index is 3550. The first-order valence-electron chi connectivity index (χ1n) is 23.8. The molecule has 66 heavy (non-hydrogen) atoms. The molecule has 4 atom stereocenters. The van der Waals surface area contributed by atoms with Crippen LogP contribution in [0.25, 0.3) is 55.3 Å². The lowest BCUT2D eigenvalue weighted by Crippen LogP contribution is -2.53. The largest absolute Gasteiger partial charge is 0.456 e. The summed E-state index contributed by atoms with van der Waals surface area (Å²) >= 11 is 0. The number of benzene rings is 8. The Labute approximate surface area is 387 Å². The first-order valence-corrected chi connectivity index (χ1v) is 25.3. The highest BCUT2D eigenvalue weighted by molar-refractivity contribution is 7.91. The van der Waals surface area contributed by atoms with Gasteiger partial charge in [-0.25, -0.2) is 8.42 Å². The number of hydrogen-bond donors (Lipinski definition) is 0. The lowest BCUT2D eigenvalue weighted by atomic mass is 9.48. The quantitative estimate of drug-likeness (QED) is 0.173. The van der Waals surface area contributed by atoms with E-state index >= 15 is 0 Å². The van der Waals surface area contributed by atoms with Crippen LogP contribution in [0.15, 0.2) is 190 Å². The molecule has 2 fully saturated rings. The van der Waals surface area contributed by atoms with Gasteiger partial charge in [-0.2, -0.15) is 0 Å². The van der Waals surface area contributed by atoms with E-state index < -0.39 is 9.84 Å². The van der Waals surface area contributed by atoms with Crippen LogP contribution < -0.4 is 4.90 Å². The van der Waals surface area contributed by atoms with Crippen molar-refractivity contribution in [3.63, 3.8) is 0 Å². The van der Waals surface area contributed by atoms with Crippen molar-refractivity contribution in [1.82, 2.24) is 0 Å². The average Bonchev–Trinajstić information content (AvgIpc) is 3.83. The number of hydrogen-bond acceptors (Lipinski definition) is 4. The van der Waals surface area contributed by atoms with Crippen molar-refractivity contribution in [2.45, 2.75) is 73.5 Å². The summed E-state index contributed by atoms with van der Waals surface area (Å²) < 4.78 is 36.0. The number of furan rings is 1. The molecule has 9 aromatic rings. The maximum atomic E-state index is 14.8. The first kappa shape index (κ1) is 39.7. The predicted molar refractivity (Wildman–Crippen MR) is 269 cm³/mol. The molecule has 0 amide bonds. The zero-order valence-electron chi connectivity index (χ0n) is 37.6. The van der Waals surface area contributed by atoms with E-state index in [1.165, 1.54) is 28.7 Å². The summed E-state index contributed by atoms with van der Waals surface area (Å²) in [6.07, 6.45) is 5.62. The Morgan fingerprint density at radius 1 is 0.515 bits per heavy atom. The fourth-order valence-electron chi connectivity index (χ4n) is 13.5. The molecular weight excluding hydrogens is 827 g/mol. The van der Waals surface area contributed by atoms with Crippen LogP contribution in [0.1, 0.15) is 75.1 Å². The lowest BCUT2D eigenvalue weighted by molar-refractivity contribution is 0.0488. The van der Waals surface area contributed by atoms with Gasteiger partial charge in [0.25, 0.3) is 0 Å². The average molecular weight is 878 g/mol. The van der Waals surface area contributed by atoms with E-state index in [9.17, 15) is 8.42 Å². The minimum absolute atomic E-state index is 0.196. The number of anilines is 3. The fourth-order valence-corrected chi connectivity index (χ4v) is 15.3. The molecule has 2 saturated carbocycles. The Morgan fingerprint density at radius 2 is 1.09 bits per heavy atom. The normalized spacial score (nSPS) is 21.8. The van der Waals surface area contributed by atoms with Crippen molar-refractivity contribution >= 4 is 48.8 Å². The number of fused-ring (bicyclic) bond motifs is 8. The van der Waals surface area contributed by atoms with Crippen LogP contribution in [0.3, 0.4) is 0 Å². The molecule has 1 spiro atoms. The van der Waals surface area contributed by atoms with Crippen LogP contribution in [0, 0.1) is 17.8 Å². The van der Waals surface area contributed by atoms with Gasteiger partial charge in [0.1, 0.15) is 11.2 Å². The predicted octanol–water partition coefficient (Wildman–Crippen LogP) is 16.0. The van der Waals surface area contributed by atoms with Gasteiger partial charge < -0.3 is 9.32 Å². The molecule has 2 bridgehead atoms. The summed E-state index contributed by atoms with van der Waals surface area (Å²) in [6, 6.07) is 62.3. The number of sulfone groups is 1. The van der Waals surface area contributed by atoms with Crippen molar-refractivity contribution in [3.8, 4) is 33.4 Å². The summed E-state index contributed by atoms with van der Waals surface area (Å²) in [5.74, 6) is 1.33. The number of nitrogens with zero attached hydrogens (tertiary/aromatic N) is 1.